The van der Waals surface area contributed by atoms with Crippen molar-refractivity contribution in [3.63, 3.8) is 0 Å². The Bertz CT molecular complexity index is 790. The van der Waals surface area contributed by atoms with E-state index < -0.39 is 0 Å². The second-order valence-electron chi connectivity index (χ2n) is 17.1. The molecule has 5 fully saturated rings. The van der Waals surface area contributed by atoms with Crippen molar-refractivity contribution in [2.24, 2.45) is 73.9 Å². The standard InChI is InChI=1S/C33H58/c1-21-18-26-31(9)14-12-22(2)29(6,7)25(31)13-15-32(26,10)33(11)17-16-30(8)23(3)19-28(4,5)20-24(30)27(21)33/h21-27H,12-20H2,1-11H3/t21?,22-,23?,24-,25?,26?,27?,30-,31-,32+,33+/m0/s1. The van der Waals surface area contributed by atoms with Crippen molar-refractivity contribution in [2.75, 3.05) is 0 Å². The first-order valence-electron chi connectivity index (χ1n) is 15.0. The van der Waals surface area contributed by atoms with E-state index in [1.807, 2.05) is 0 Å². The van der Waals surface area contributed by atoms with Gasteiger partial charge in [-0.05, 0) is 132 Å². The van der Waals surface area contributed by atoms with Crippen molar-refractivity contribution < 1.29 is 0 Å². The van der Waals surface area contributed by atoms with Crippen LogP contribution in [0.1, 0.15) is 134 Å². The molecular weight excluding hydrogens is 396 g/mol. The van der Waals surface area contributed by atoms with Gasteiger partial charge in [0, 0.05) is 0 Å². The van der Waals surface area contributed by atoms with Crippen LogP contribution >= 0.6 is 0 Å². The van der Waals surface area contributed by atoms with Gasteiger partial charge in [-0.25, -0.2) is 0 Å². The molecule has 5 aliphatic carbocycles. The van der Waals surface area contributed by atoms with Gasteiger partial charge in [0.1, 0.15) is 0 Å². The van der Waals surface area contributed by atoms with Gasteiger partial charge in [-0.1, -0.05) is 76.2 Å². The number of hydrogen-bond acceptors (Lipinski definition) is 0. The Morgan fingerprint density at radius 2 is 1.24 bits per heavy atom. The van der Waals surface area contributed by atoms with Crippen molar-refractivity contribution in [1.82, 2.24) is 0 Å². The monoisotopic (exact) mass is 454 g/mol. The minimum absolute atomic E-state index is 0.503. The largest absolute Gasteiger partial charge is 0.0622 e. The molecule has 190 valence electrons. The minimum Gasteiger partial charge on any atom is -0.0622 e. The Hall–Kier alpha value is 0. The van der Waals surface area contributed by atoms with Crippen LogP contribution in [0, 0.1) is 73.9 Å². The van der Waals surface area contributed by atoms with E-state index in [1.54, 1.807) is 0 Å². The van der Waals surface area contributed by atoms with Gasteiger partial charge in [-0.15, -0.1) is 0 Å². The number of hydrogen-bond donors (Lipinski definition) is 0. The zero-order valence-corrected chi connectivity index (χ0v) is 24.4. The van der Waals surface area contributed by atoms with Gasteiger partial charge in [0.15, 0.2) is 0 Å². The minimum atomic E-state index is 0.503. The van der Waals surface area contributed by atoms with Gasteiger partial charge < -0.3 is 0 Å². The lowest BCUT2D eigenvalue weighted by Gasteiger charge is -2.75. The predicted molar refractivity (Wildman–Crippen MR) is 143 cm³/mol. The van der Waals surface area contributed by atoms with E-state index in [9.17, 15) is 0 Å². The van der Waals surface area contributed by atoms with Crippen molar-refractivity contribution in [3.05, 3.63) is 0 Å². The molecule has 0 bridgehead atoms. The van der Waals surface area contributed by atoms with Gasteiger partial charge in [0.2, 0.25) is 0 Å². The Morgan fingerprint density at radius 3 is 1.91 bits per heavy atom. The molecular formula is C33H58. The molecule has 5 saturated carbocycles. The van der Waals surface area contributed by atoms with E-state index in [4.69, 9.17) is 0 Å². The molecule has 5 aliphatic rings. The lowest BCUT2D eigenvalue weighted by atomic mass is 9.29. The molecule has 0 aromatic heterocycles. The molecule has 0 aliphatic heterocycles. The van der Waals surface area contributed by atoms with Crippen molar-refractivity contribution in [1.29, 1.82) is 0 Å². The third kappa shape index (κ3) is 3.00. The highest BCUT2D eigenvalue weighted by Gasteiger charge is 2.71. The van der Waals surface area contributed by atoms with E-state index >= 15 is 0 Å². The average molecular weight is 455 g/mol. The Balaban J connectivity index is 1.57. The van der Waals surface area contributed by atoms with Crippen LogP contribution in [-0.4, -0.2) is 0 Å². The first kappa shape index (κ1) is 24.7. The second kappa shape index (κ2) is 7.06. The molecule has 0 spiro atoms. The Labute approximate surface area is 207 Å². The molecule has 0 amide bonds. The molecule has 0 nitrogen and oxygen atoms in total. The summed E-state index contributed by atoms with van der Waals surface area (Å²) in [4.78, 5) is 0. The van der Waals surface area contributed by atoms with Gasteiger partial charge >= 0.3 is 0 Å². The fraction of sp³-hybridized carbons (Fsp3) is 1.00. The molecule has 0 heteroatoms. The maximum atomic E-state index is 2.83. The lowest BCUT2D eigenvalue weighted by molar-refractivity contribution is -0.267. The first-order chi connectivity index (χ1) is 15.0. The zero-order valence-electron chi connectivity index (χ0n) is 24.4. The normalized spacial score (nSPS) is 59.5. The van der Waals surface area contributed by atoms with Gasteiger partial charge in [-0.2, -0.15) is 0 Å². The van der Waals surface area contributed by atoms with E-state index in [0.717, 1.165) is 41.4 Å². The smallest absolute Gasteiger partial charge is 0.0235 e. The number of rotatable bonds is 0. The summed E-state index contributed by atoms with van der Waals surface area (Å²) < 4.78 is 0. The van der Waals surface area contributed by atoms with E-state index in [0.29, 0.717) is 32.5 Å². The van der Waals surface area contributed by atoms with Crippen molar-refractivity contribution in [3.8, 4) is 0 Å². The molecule has 0 aromatic carbocycles. The quantitative estimate of drug-likeness (QED) is 0.341. The molecule has 0 heterocycles. The van der Waals surface area contributed by atoms with E-state index in [2.05, 4.69) is 76.2 Å². The highest BCUT2D eigenvalue weighted by atomic mass is 14.8. The van der Waals surface area contributed by atoms with Crippen LogP contribution in [0.15, 0.2) is 0 Å². The molecule has 0 saturated heterocycles. The van der Waals surface area contributed by atoms with Crippen LogP contribution in [0.25, 0.3) is 0 Å². The van der Waals surface area contributed by atoms with Crippen molar-refractivity contribution >= 4 is 0 Å². The number of fused-ring (bicyclic) bond motifs is 7. The molecule has 0 aromatic rings. The molecule has 11 atom stereocenters. The van der Waals surface area contributed by atoms with Gasteiger partial charge in [-0.3, -0.25) is 0 Å². The lowest BCUT2D eigenvalue weighted by Crippen LogP contribution is -2.68. The summed E-state index contributed by atoms with van der Waals surface area (Å²) in [6.07, 6.45) is 13.3. The highest BCUT2D eigenvalue weighted by molar-refractivity contribution is 5.19. The first-order valence-corrected chi connectivity index (χ1v) is 15.0. The molecule has 5 rings (SSSR count). The second-order valence-corrected chi connectivity index (χ2v) is 17.1. The zero-order chi connectivity index (χ0) is 24.4. The van der Waals surface area contributed by atoms with Gasteiger partial charge in [0.25, 0.3) is 0 Å². The summed E-state index contributed by atoms with van der Waals surface area (Å²) in [5.74, 6) is 6.34. The molecule has 5 unspecified atom stereocenters. The third-order valence-electron chi connectivity index (χ3n) is 15.1. The van der Waals surface area contributed by atoms with Crippen LogP contribution < -0.4 is 0 Å². The Kier molecular flexibility index (Phi) is 5.28. The van der Waals surface area contributed by atoms with Gasteiger partial charge in [0.05, 0.1) is 0 Å². The van der Waals surface area contributed by atoms with Crippen LogP contribution in [-0.2, 0) is 0 Å². The van der Waals surface area contributed by atoms with Crippen LogP contribution in [0.3, 0.4) is 0 Å². The SMILES string of the molecule is CC1CC2[C@@]3(C)CC[C@H](C)C(C)(C)C3CC[C@@]2(C)[C@]2(C)CC[C@@]3(C)C(C)CC(C)(C)C[C@H]3C12. The van der Waals surface area contributed by atoms with Crippen LogP contribution in [0.4, 0.5) is 0 Å². The summed E-state index contributed by atoms with van der Waals surface area (Å²) >= 11 is 0. The molecule has 0 radical (unpaired) electrons. The maximum absolute atomic E-state index is 2.83. The van der Waals surface area contributed by atoms with E-state index in [1.165, 1.54) is 57.8 Å². The fourth-order valence-electron chi connectivity index (χ4n) is 12.6. The molecule has 0 N–H and O–H groups in total. The predicted octanol–water partition coefficient (Wildman–Crippen LogP) is 10.0. The summed E-state index contributed by atoms with van der Waals surface area (Å²) in [7, 11) is 0. The third-order valence-corrected chi connectivity index (χ3v) is 15.1. The summed E-state index contributed by atoms with van der Waals surface area (Å²) in [6, 6.07) is 0. The summed E-state index contributed by atoms with van der Waals surface area (Å²) in [6.45, 7) is 29.5. The maximum Gasteiger partial charge on any atom is -0.0235 e. The average Bonchev–Trinajstić information content (AvgIpc) is 2.69. The van der Waals surface area contributed by atoms with Crippen molar-refractivity contribution in [2.45, 2.75) is 134 Å². The highest BCUT2D eigenvalue weighted by Crippen LogP contribution is 2.78. The summed E-state index contributed by atoms with van der Waals surface area (Å²) in [5.41, 5.74) is 3.19. The fourth-order valence-corrected chi connectivity index (χ4v) is 12.6. The Morgan fingerprint density at radius 1 is 0.576 bits per heavy atom. The van der Waals surface area contributed by atoms with Crippen LogP contribution in [0.2, 0.25) is 0 Å². The topological polar surface area (TPSA) is 0 Å². The summed E-state index contributed by atoms with van der Waals surface area (Å²) in [5, 5.41) is 0. The van der Waals surface area contributed by atoms with E-state index in [-0.39, 0.29) is 0 Å². The van der Waals surface area contributed by atoms with Crippen LogP contribution in [0.5, 0.6) is 0 Å². The molecule has 33 heavy (non-hydrogen) atoms.